The molecule has 1 aliphatic rings. The minimum Gasteiger partial charge on any atom is -0.455 e. The van der Waals surface area contributed by atoms with Crippen molar-refractivity contribution >= 4 is 52.8 Å². The first-order valence-corrected chi connectivity index (χ1v) is 12.6. The van der Waals surface area contributed by atoms with Crippen molar-refractivity contribution in [2.24, 2.45) is 0 Å². The Morgan fingerprint density at radius 1 is 1.08 bits per heavy atom. The molecule has 1 heterocycles. The Kier molecular flexibility index (Phi) is 6.50. The van der Waals surface area contributed by atoms with Crippen LogP contribution in [0.5, 0.6) is 0 Å². The van der Waals surface area contributed by atoms with Crippen LogP contribution in [0.2, 0.25) is 0 Å². The highest BCUT2D eigenvalue weighted by Crippen LogP contribution is 2.50. The van der Waals surface area contributed by atoms with Gasteiger partial charge in [0.25, 0.3) is 5.91 Å². The van der Waals surface area contributed by atoms with Crippen LogP contribution >= 0.6 is 11.9 Å². The zero-order valence-electron chi connectivity index (χ0n) is 19.6. The van der Waals surface area contributed by atoms with Crippen molar-refractivity contribution in [3.8, 4) is 11.3 Å². The lowest BCUT2D eigenvalue weighted by molar-refractivity contribution is 0.0964. The van der Waals surface area contributed by atoms with Gasteiger partial charge in [-0.25, -0.2) is 8.78 Å². The van der Waals surface area contributed by atoms with E-state index >= 15 is 4.39 Å². The molecule has 0 bridgehead atoms. The van der Waals surface area contributed by atoms with Crippen molar-refractivity contribution < 1.29 is 28.0 Å². The average Bonchev–Trinajstić information content (AvgIpc) is 3.65. The van der Waals surface area contributed by atoms with E-state index in [9.17, 15) is 19.2 Å². The number of rotatable bonds is 7. The number of anilines is 2. The summed E-state index contributed by atoms with van der Waals surface area (Å²) in [5.74, 6) is -0.747. The van der Waals surface area contributed by atoms with Gasteiger partial charge in [-0.3, -0.25) is 9.10 Å². The second kappa shape index (κ2) is 9.61. The van der Waals surface area contributed by atoms with Crippen molar-refractivity contribution in [3.05, 3.63) is 77.4 Å². The highest BCUT2D eigenvalue weighted by Gasteiger charge is 2.32. The van der Waals surface area contributed by atoms with E-state index in [1.807, 2.05) is 12.3 Å². The number of fused-ring (bicyclic) bond motifs is 1. The summed E-state index contributed by atoms with van der Waals surface area (Å²) < 4.78 is 36.5. The van der Waals surface area contributed by atoms with Crippen LogP contribution in [0.4, 0.5) is 20.2 Å². The van der Waals surface area contributed by atoms with Crippen molar-refractivity contribution in [1.29, 1.82) is 0 Å². The molecule has 0 aliphatic heterocycles. The third-order valence-corrected chi connectivity index (χ3v) is 7.06. The minimum atomic E-state index is -1.77. The number of benzene rings is 3. The Labute approximate surface area is 211 Å². The van der Waals surface area contributed by atoms with Gasteiger partial charge in [0, 0.05) is 30.3 Å². The molecule has 1 aliphatic carbocycles. The highest BCUT2D eigenvalue weighted by molar-refractivity contribution is 8.00. The quantitative estimate of drug-likeness (QED) is 0.248. The van der Waals surface area contributed by atoms with E-state index in [1.165, 1.54) is 43.3 Å². The van der Waals surface area contributed by atoms with Gasteiger partial charge in [-0.15, -0.1) is 0 Å². The molecule has 3 aromatic carbocycles. The lowest BCUT2D eigenvalue weighted by Crippen LogP contribution is -2.30. The number of hydrogen-bond acceptors (Lipinski definition) is 6. The Morgan fingerprint density at radius 3 is 2.39 bits per heavy atom. The van der Waals surface area contributed by atoms with E-state index in [0.29, 0.717) is 27.9 Å². The lowest BCUT2D eigenvalue weighted by Gasteiger charge is -2.25. The first-order valence-electron chi connectivity index (χ1n) is 11.4. The van der Waals surface area contributed by atoms with Crippen molar-refractivity contribution in [2.75, 3.05) is 17.6 Å². The zero-order valence-corrected chi connectivity index (χ0v) is 20.4. The highest BCUT2D eigenvalue weighted by atomic mass is 32.2. The molecular weight excluding hydrogens is 485 g/mol. The summed E-state index contributed by atoms with van der Waals surface area (Å²) in [6, 6.07) is 13.5. The fraction of sp³-hybridized carbons (Fsp3) is 0.192. The van der Waals surface area contributed by atoms with Crippen LogP contribution in [-0.4, -0.2) is 36.4 Å². The Balaban J connectivity index is 1.71. The molecular formula is C26H23BF2N2O4S. The molecule has 0 unspecified atom stereocenters. The number of nitrogens with zero attached hydrogens (tertiary/aromatic N) is 1. The number of halogens is 2. The summed E-state index contributed by atoms with van der Waals surface area (Å²) in [7, 11) is -0.234. The maximum Gasteiger partial charge on any atom is 0.488 e. The predicted octanol–water partition coefficient (Wildman–Crippen LogP) is 4.71. The van der Waals surface area contributed by atoms with E-state index in [1.54, 1.807) is 22.5 Å². The summed E-state index contributed by atoms with van der Waals surface area (Å²) >= 11 is 1.30. The molecule has 1 fully saturated rings. The number of nitrogens with one attached hydrogen (secondary N) is 1. The van der Waals surface area contributed by atoms with Gasteiger partial charge in [0.2, 0.25) is 0 Å². The summed E-state index contributed by atoms with van der Waals surface area (Å²) in [5.41, 5.74) is 3.34. The number of hydrogen-bond donors (Lipinski definition) is 3. The Bertz CT molecular complexity index is 1450. The standard InChI is InChI=1S/C26H23BF2N2O4S/c1-30-26(32)24-19-12-18(14-3-4-14)22(13-23(19)35-25(24)15-5-8-17(28)9-6-15)31(36-2)21-10-7-16(27(33)34)11-20(21)29/h5-14,33-34H,3-4H2,1-2H3,(H,30,32). The molecule has 10 heteroatoms. The van der Waals surface area contributed by atoms with Gasteiger partial charge in [-0.1, -0.05) is 6.07 Å². The van der Waals surface area contributed by atoms with Crippen LogP contribution in [0.15, 0.2) is 59.0 Å². The van der Waals surface area contributed by atoms with E-state index < -0.39 is 18.8 Å². The minimum absolute atomic E-state index is 0.0559. The zero-order chi connectivity index (χ0) is 25.6. The van der Waals surface area contributed by atoms with Crippen LogP contribution < -0.4 is 15.1 Å². The molecule has 3 N–H and O–H groups in total. The van der Waals surface area contributed by atoms with Crippen LogP contribution in [0.1, 0.15) is 34.7 Å². The third-order valence-electron chi connectivity index (χ3n) is 6.31. The fourth-order valence-electron chi connectivity index (χ4n) is 4.38. The van der Waals surface area contributed by atoms with Gasteiger partial charge in [-0.2, -0.15) is 0 Å². The lowest BCUT2D eigenvalue weighted by atomic mass is 9.80. The number of carbonyl (C=O) groups is 1. The van der Waals surface area contributed by atoms with Gasteiger partial charge >= 0.3 is 7.12 Å². The van der Waals surface area contributed by atoms with Crippen LogP contribution in [0.3, 0.4) is 0 Å². The number of furan rings is 1. The normalized spacial score (nSPS) is 13.2. The fourth-order valence-corrected chi connectivity index (χ4v) is 5.08. The van der Waals surface area contributed by atoms with Crippen LogP contribution in [-0.2, 0) is 0 Å². The van der Waals surface area contributed by atoms with Crippen LogP contribution in [0, 0.1) is 11.6 Å². The SMILES string of the molecule is CNC(=O)c1c(-c2ccc(F)cc2)oc2cc(N(SC)c3ccc(B(O)O)cc3F)c(C3CC3)cc12. The molecule has 0 saturated heterocycles. The van der Waals surface area contributed by atoms with E-state index in [0.717, 1.165) is 30.2 Å². The van der Waals surface area contributed by atoms with E-state index in [2.05, 4.69) is 5.32 Å². The summed E-state index contributed by atoms with van der Waals surface area (Å²) in [5, 5.41) is 22.1. The average molecular weight is 508 g/mol. The first-order chi connectivity index (χ1) is 17.3. The number of amides is 1. The largest absolute Gasteiger partial charge is 0.488 e. The summed E-state index contributed by atoms with van der Waals surface area (Å²) in [4.78, 5) is 12.9. The molecule has 184 valence electrons. The maximum absolute atomic E-state index is 15.1. The molecule has 1 saturated carbocycles. The molecule has 0 spiro atoms. The summed E-state index contributed by atoms with van der Waals surface area (Å²) in [6.07, 6.45) is 3.75. The van der Waals surface area contributed by atoms with Crippen LogP contribution in [0.25, 0.3) is 22.3 Å². The van der Waals surface area contributed by atoms with Gasteiger partial charge in [-0.05, 0) is 84.2 Å². The molecule has 1 amide bonds. The smallest absolute Gasteiger partial charge is 0.455 e. The van der Waals surface area contributed by atoms with Gasteiger partial charge < -0.3 is 19.8 Å². The molecule has 0 atom stereocenters. The molecule has 1 aromatic heterocycles. The molecule has 36 heavy (non-hydrogen) atoms. The second-order valence-electron chi connectivity index (χ2n) is 8.64. The van der Waals surface area contributed by atoms with Crippen molar-refractivity contribution in [3.63, 3.8) is 0 Å². The topological polar surface area (TPSA) is 85.9 Å². The predicted molar refractivity (Wildman–Crippen MR) is 139 cm³/mol. The van der Waals surface area contributed by atoms with Crippen molar-refractivity contribution in [1.82, 2.24) is 5.32 Å². The van der Waals surface area contributed by atoms with E-state index in [4.69, 9.17) is 4.42 Å². The summed E-state index contributed by atoms with van der Waals surface area (Å²) in [6.45, 7) is 0. The monoisotopic (exact) mass is 508 g/mol. The van der Waals surface area contributed by atoms with Gasteiger partial charge in [0.15, 0.2) is 0 Å². The molecule has 0 radical (unpaired) electrons. The Morgan fingerprint density at radius 2 is 1.81 bits per heavy atom. The maximum atomic E-state index is 15.1. The second-order valence-corrected chi connectivity index (χ2v) is 9.37. The first kappa shape index (κ1) is 24.4. The van der Waals surface area contributed by atoms with Gasteiger partial charge in [0.1, 0.15) is 23.0 Å². The van der Waals surface area contributed by atoms with Crippen molar-refractivity contribution in [2.45, 2.75) is 18.8 Å². The van der Waals surface area contributed by atoms with Gasteiger partial charge in [0.05, 0.1) is 16.9 Å². The number of carbonyl (C=O) groups excluding carboxylic acids is 1. The Hall–Kier alpha value is -3.34. The molecule has 5 rings (SSSR count). The van der Waals surface area contributed by atoms with E-state index in [-0.39, 0.29) is 23.0 Å². The molecule has 6 nitrogen and oxygen atoms in total. The molecule has 4 aromatic rings. The third kappa shape index (κ3) is 4.36.